The molecule has 0 spiro atoms. The molecule has 8 rings (SSSR count). The predicted molar refractivity (Wildman–Crippen MR) is 240 cm³/mol. The molecule has 2 N–H and O–H groups in total. The minimum Gasteiger partial charge on any atom is -0.745 e. The number of hydrogen-bond acceptors (Lipinski definition) is 19. The molecular weight excluding hydrogens is 955 g/mol. The van der Waals surface area contributed by atoms with Crippen LogP contribution in [0.5, 0.6) is 0 Å². The second kappa shape index (κ2) is 23.2. The number of benzene rings is 6. The molecule has 0 atom stereocenters. The Kier molecular flexibility index (Phi) is 19.0. The number of fused-ring (bicyclic) bond motifs is 2. The number of nitrogens with zero attached hydrogens (tertiary/aromatic N) is 7. The third-order valence-electron chi connectivity index (χ3n) is 9.85. The summed E-state index contributed by atoms with van der Waals surface area (Å²) in [7, 11) is -14.5. The first kappa shape index (κ1) is 57.2. The molecule has 6 aromatic carbocycles. The van der Waals surface area contributed by atoms with Gasteiger partial charge in [-0.1, -0.05) is 53.1 Å². The molecular formula is C44H25Li4N9O9S4. The van der Waals surface area contributed by atoms with Crippen LogP contribution < -0.4 is 86.1 Å². The maximum atomic E-state index is 12.3. The fourth-order valence-corrected chi connectivity index (χ4v) is 9.30. The minimum absolute atomic E-state index is 0. The van der Waals surface area contributed by atoms with Gasteiger partial charge in [0.2, 0.25) is 0 Å². The average Bonchev–Trinajstić information content (AvgIpc) is 3.64. The van der Waals surface area contributed by atoms with Crippen molar-refractivity contribution < 1.29 is 114 Å². The zero-order chi connectivity index (χ0) is 47.0. The van der Waals surface area contributed by atoms with Crippen molar-refractivity contribution in [2.24, 2.45) is 20.5 Å². The molecule has 0 bridgehead atoms. The van der Waals surface area contributed by atoms with E-state index in [-0.39, 0.29) is 142 Å². The number of azo groups is 2. The number of hydrogen-bond donors (Lipinski definition) is 2. The normalized spacial score (nSPS) is 11.5. The van der Waals surface area contributed by atoms with Crippen LogP contribution in [0.15, 0.2) is 156 Å². The summed E-state index contributed by atoms with van der Waals surface area (Å²) in [6.07, 6.45) is 0. The third kappa shape index (κ3) is 12.5. The van der Waals surface area contributed by atoms with E-state index in [1.54, 1.807) is 18.2 Å². The van der Waals surface area contributed by atoms with Crippen molar-refractivity contribution in [1.82, 2.24) is 4.98 Å². The van der Waals surface area contributed by atoms with Crippen LogP contribution in [0.1, 0.15) is 16.7 Å². The van der Waals surface area contributed by atoms with Crippen LogP contribution in [0.3, 0.4) is 0 Å². The number of nitrogens with one attached hydrogen (secondary N) is 2. The molecule has 0 saturated heterocycles. The van der Waals surface area contributed by atoms with Crippen LogP contribution in [0.2, 0.25) is 0 Å². The Morgan fingerprint density at radius 1 is 0.614 bits per heavy atom. The van der Waals surface area contributed by atoms with Gasteiger partial charge in [0, 0.05) is 33.1 Å². The fraction of sp³-hybridized carbons (Fsp3) is 0.0227. The van der Waals surface area contributed by atoms with Crippen LogP contribution in [0.25, 0.3) is 32.7 Å². The zero-order valence-electron chi connectivity index (χ0n) is 37.5. The number of aromatic nitrogens is 1. The molecule has 70 heavy (non-hydrogen) atoms. The maximum absolute atomic E-state index is 12.3. The number of rotatable bonds is 12. The molecule has 2 aromatic heterocycles. The molecule has 0 saturated carbocycles. The Balaban J connectivity index is 0.00000266. The molecule has 26 heteroatoms. The average molecular weight is 980 g/mol. The van der Waals surface area contributed by atoms with Crippen LogP contribution in [-0.4, -0.2) is 43.9 Å². The van der Waals surface area contributed by atoms with E-state index in [1.165, 1.54) is 43.3 Å². The monoisotopic (exact) mass is 979 g/mol. The topological polar surface area (TPSA) is 306 Å². The quantitative estimate of drug-likeness (QED) is 0.0580. The molecule has 0 aliphatic carbocycles. The first-order valence-corrected chi connectivity index (χ1v) is 23.9. The van der Waals surface area contributed by atoms with Gasteiger partial charge in [0.05, 0.1) is 15.4 Å². The van der Waals surface area contributed by atoms with Crippen molar-refractivity contribution in [3.05, 3.63) is 144 Å². The number of pyridine rings is 1. The van der Waals surface area contributed by atoms with Gasteiger partial charge >= 0.3 is 75.4 Å². The Morgan fingerprint density at radius 2 is 1.19 bits per heavy atom. The first-order valence-electron chi connectivity index (χ1n) is 18.8. The Hall–Kier alpha value is -5.41. The van der Waals surface area contributed by atoms with Crippen molar-refractivity contribution in [2.75, 3.05) is 10.6 Å². The maximum Gasteiger partial charge on any atom is 1.00 e. The summed E-state index contributed by atoms with van der Waals surface area (Å²) in [5.74, 6) is -0.113. The van der Waals surface area contributed by atoms with Gasteiger partial charge in [-0.2, -0.15) is 15.6 Å². The molecule has 0 radical (unpaired) electrons. The second-order valence-electron chi connectivity index (χ2n) is 14.0. The predicted octanol–water partition coefficient (Wildman–Crippen LogP) is -1.99. The van der Waals surface area contributed by atoms with Crippen molar-refractivity contribution in [2.45, 2.75) is 21.6 Å². The minimum atomic E-state index is -4.95. The van der Waals surface area contributed by atoms with Crippen molar-refractivity contribution in [3.8, 4) is 23.3 Å². The van der Waals surface area contributed by atoms with Crippen molar-refractivity contribution >= 4 is 108 Å². The van der Waals surface area contributed by atoms with Gasteiger partial charge in [-0.25, -0.2) is 30.2 Å². The van der Waals surface area contributed by atoms with E-state index in [4.69, 9.17) is 0 Å². The number of thiophene rings is 1. The standard InChI is InChI=1S/C44H28N9O9S4.4Li/c1-25-36(23-45)41(47-30-12-16-33(17-13-30)64(54,55)56)49-42(48-31-14-18-34(19-15-31)65(57,58)59)40(25)51-52-43-37(24-46)39(29-11-10-26-6-2-3-7-27(26)20-29)44(63-43)53-50-32-21-28-8-4-5-9-35(28)38(22-32)66(60,61)62;;;;/h2-7,9-22H,1H3,(H2,47,48,49)(H,54,55,56)(H,57,58,59)(H,60,61,62);;;;/q-1;4*+1/p-3. The molecule has 2 heterocycles. The summed E-state index contributed by atoms with van der Waals surface area (Å²) < 4.78 is 106. The molecule has 0 aliphatic rings. The molecule has 0 aliphatic heterocycles. The van der Waals surface area contributed by atoms with Crippen molar-refractivity contribution in [1.29, 1.82) is 10.5 Å². The largest absolute Gasteiger partial charge is 1.00 e. The summed E-state index contributed by atoms with van der Waals surface area (Å²) in [6, 6.07) is 36.7. The molecule has 328 valence electrons. The van der Waals surface area contributed by atoms with Gasteiger partial charge in [0.15, 0.2) is 16.6 Å². The molecule has 0 unspecified atom stereocenters. The molecule has 0 amide bonds. The Bertz CT molecular complexity index is 3790. The summed E-state index contributed by atoms with van der Waals surface area (Å²) in [5.41, 5.74) is 1.43. The van der Waals surface area contributed by atoms with Gasteiger partial charge < -0.3 is 24.3 Å². The van der Waals surface area contributed by atoms with Crippen LogP contribution in [0, 0.1) is 35.7 Å². The van der Waals surface area contributed by atoms with E-state index in [0.29, 0.717) is 16.5 Å². The summed E-state index contributed by atoms with van der Waals surface area (Å²) in [5, 5.41) is 47.0. The molecule has 8 aromatic rings. The van der Waals surface area contributed by atoms with Crippen LogP contribution in [-0.2, 0) is 30.4 Å². The van der Waals surface area contributed by atoms with E-state index < -0.39 is 45.0 Å². The summed E-state index contributed by atoms with van der Waals surface area (Å²) >= 11 is 0.899. The summed E-state index contributed by atoms with van der Waals surface area (Å²) in [4.78, 5) is 3.06. The van der Waals surface area contributed by atoms with Crippen molar-refractivity contribution in [3.63, 3.8) is 0 Å². The van der Waals surface area contributed by atoms with E-state index in [0.717, 1.165) is 52.4 Å². The van der Waals surface area contributed by atoms with Gasteiger partial charge in [0.1, 0.15) is 58.7 Å². The molecule has 18 nitrogen and oxygen atoms in total. The van der Waals surface area contributed by atoms with Gasteiger partial charge in [0.25, 0.3) is 0 Å². The smallest absolute Gasteiger partial charge is 0.745 e. The number of anilines is 4. The van der Waals surface area contributed by atoms with Crippen LogP contribution in [0.4, 0.5) is 44.4 Å². The third-order valence-corrected chi connectivity index (χ3v) is 13.4. The number of nitriles is 2. The first-order chi connectivity index (χ1) is 31.4. The SMILES string of the molecule is Cc1c(C#N)c(Nc2ccc(S(=O)(=O)[O-])cc2)nc(Nc2ccc(S(=O)(=O)[O-])cc2)c1N=Nc1sc(N=Nc2cc(S(=O)(=O)[O-])c3ccc[c-]c3c2)c(-c2ccc3ccccc3c2)c1C#N.[Li+].[Li+].[Li+].[Li+]. The zero-order valence-corrected chi connectivity index (χ0v) is 40.8. The van der Waals surface area contributed by atoms with Crippen LogP contribution >= 0.6 is 11.3 Å². The van der Waals surface area contributed by atoms with E-state index in [9.17, 15) is 49.4 Å². The van der Waals surface area contributed by atoms with Gasteiger partial charge in [-0.05, 0) is 83.9 Å². The van der Waals surface area contributed by atoms with E-state index in [2.05, 4.69) is 54.3 Å². The summed E-state index contributed by atoms with van der Waals surface area (Å²) in [6.45, 7) is 1.53. The van der Waals surface area contributed by atoms with Gasteiger partial charge in [-0.15, -0.1) is 51.1 Å². The Morgan fingerprint density at radius 3 is 1.76 bits per heavy atom. The van der Waals surface area contributed by atoms with Gasteiger partial charge in [-0.3, -0.25) is 0 Å². The molecule has 0 fully saturated rings. The van der Waals surface area contributed by atoms with E-state index in [1.807, 2.05) is 36.4 Å². The Labute approximate surface area is 453 Å². The fourth-order valence-electron chi connectivity index (χ4n) is 6.73. The van der Waals surface area contributed by atoms with E-state index >= 15 is 0 Å². The second-order valence-corrected chi connectivity index (χ2v) is 19.1.